The van der Waals surface area contributed by atoms with Crippen molar-refractivity contribution in [2.24, 2.45) is 0 Å². The zero-order chi connectivity index (χ0) is 16.1. The molecular weight excluding hydrogens is 287 g/mol. The number of benzene rings is 2. The lowest BCUT2D eigenvalue weighted by atomic mass is 9.79. The third-order valence-electron chi connectivity index (χ3n) is 3.13. The van der Waals surface area contributed by atoms with Crippen LogP contribution in [0, 0.1) is 0 Å². The molecule has 0 saturated carbocycles. The molecule has 0 bridgehead atoms. The lowest BCUT2D eigenvalue weighted by molar-refractivity contribution is 0.0694. The van der Waals surface area contributed by atoms with Gasteiger partial charge in [-0.1, -0.05) is 24.3 Å². The average Bonchev–Trinajstić information content (AvgIpc) is 2.52. The van der Waals surface area contributed by atoms with E-state index in [0.29, 0.717) is 11.3 Å². The Labute approximate surface area is 127 Å². The number of hydrogen-bond donors (Lipinski definition) is 3. The van der Waals surface area contributed by atoms with E-state index in [4.69, 9.17) is 14.6 Å². The van der Waals surface area contributed by atoms with Crippen LogP contribution in [0.2, 0.25) is 0 Å². The Morgan fingerprint density at radius 1 is 1.18 bits per heavy atom. The zero-order valence-electron chi connectivity index (χ0n) is 11.9. The van der Waals surface area contributed by atoms with Gasteiger partial charge in [-0.2, -0.15) is 0 Å². The van der Waals surface area contributed by atoms with Gasteiger partial charge in [-0.05, 0) is 12.1 Å². The van der Waals surface area contributed by atoms with Gasteiger partial charge in [-0.3, -0.25) is 0 Å². The summed E-state index contributed by atoms with van der Waals surface area (Å²) in [4.78, 5) is 11.2. The van der Waals surface area contributed by atoms with E-state index < -0.39 is 13.1 Å². The Balaban J connectivity index is 2.26. The van der Waals surface area contributed by atoms with E-state index in [-0.39, 0.29) is 23.4 Å². The number of methoxy groups -OCH3 is 1. The van der Waals surface area contributed by atoms with Crippen LogP contribution >= 0.6 is 0 Å². The first kappa shape index (κ1) is 15.9. The average molecular weight is 302 g/mol. The minimum atomic E-state index is -1.70. The first-order chi connectivity index (χ1) is 10.5. The predicted molar refractivity (Wildman–Crippen MR) is 80.6 cm³/mol. The Morgan fingerprint density at radius 2 is 1.91 bits per heavy atom. The Hall–Kier alpha value is -2.51. The quantitative estimate of drug-likeness (QED) is 0.678. The van der Waals surface area contributed by atoms with Crippen molar-refractivity contribution < 1.29 is 29.4 Å². The molecule has 0 amide bonds. The van der Waals surface area contributed by atoms with E-state index in [1.165, 1.54) is 25.3 Å². The molecule has 0 aromatic heterocycles. The number of ether oxygens (including phenoxy) is 2. The number of hydrogen-bond acceptors (Lipinski definition) is 5. The van der Waals surface area contributed by atoms with Crippen LogP contribution in [0.5, 0.6) is 11.5 Å². The van der Waals surface area contributed by atoms with Crippen molar-refractivity contribution in [3.8, 4) is 11.5 Å². The van der Waals surface area contributed by atoms with Crippen LogP contribution in [-0.4, -0.2) is 35.4 Å². The van der Waals surface area contributed by atoms with Gasteiger partial charge in [-0.15, -0.1) is 0 Å². The van der Waals surface area contributed by atoms with E-state index in [2.05, 4.69) is 0 Å². The number of carbonyl (C=O) groups is 1. The summed E-state index contributed by atoms with van der Waals surface area (Å²) in [6.45, 7) is -0.0185. The Morgan fingerprint density at radius 3 is 2.55 bits per heavy atom. The fourth-order valence-electron chi connectivity index (χ4n) is 1.99. The molecular formula is C15H15BO6. The fourth-order valence-corrected chi connectivity index (χ4v) is 1.99. The van der Waals surface area contributed by atoms with Gasteiger partial charge >= 0.3 is 13.1 Å². The molecule has 3 N–H and O–H groups in total. The van der Waals surface area contributed by atoms with E-state index in [0.717, 1.165) is 0 Å². The van der Waals surface area contributed by atoms with Gasteiger partial charge in [0.2, 0.25) is 0 Å². The van der Waals surface area contributed by atoms with Crippen LogP contribution in [0.15, 0.2) is 42.5 Å². The summed E-state index contributed by atoms with van der Waals surface area (Å²) < 4.78 is 10.6. The molecule has 0 atom stereocenters. The largest absolute Gasteiger partial charge is 0.497 e. The van der Waals surface area contributed by atoms with Crippen molar-refractivity contribution in [1.82, 2.24) is 0 Å². The van der Waals surface area contributed by atoms with Crippen molar-refractivity contribution in [3.63, 3.8) is 0 Å². The standard InChI is InChI=1S/C15H15BO6/c1-21-11-6-7-13(16(19)20)14(8-11)22-9-10-4-2-3-5-12(10)15(17)18/h2-8,19-20H,9H2,1H3,(H,17,18). The maximum atomic E-state index is 11.2. The second-order valence-electron chi connectivity index (χ2n) is 4.53. The van der Waals surface area contributed by atoms with E-state index in [9.17, 15) is 14.8 Å². The van der Waals surface area contributed by atoms with Crippen LogP contribution in [-0.2, 0) is 6.61 Å². The highest BCUT2D eigenvalue weighted by Crippen LogP contribution is 2.20. The van der Waals surface area contributed by atoms with Crippen LogP contribution in [0.3, 0.4) is 0 Å². The molecule has 6 nitrogen and oxygen atoms in total. The lowest BCUT2D eigenvalue weighted by Crippen LogP contribution is -2.31. The first-order valence-corrected chi connectivity index (χ1v) is 6.51. The van der Waals surface area contributed by atoms with Gasteiger partial charge in [0.1, 0.15) is 18.1 Å². The van der Waals surface area contributed by atoms with Crippen molar-refractivity contribution >= 4 is 18.6 Å². The molecule has 0 unspecified atom stereocenters. The van der Waals surface area contributed by atoms with Crippen molar-refractivity contribution in [1.29, 1.82) is 0 Å². The topological polar surface area (TPSA) is 96.2 Å². The highest BCUT2D eigenvalue weighted by molar-refractivity contribution is 6.59. The molecule has 0 saturated heterocycles. The summed E-state index contributed by atoms with van der Waals surface area (Å²) >= 11 is 0. The normalized spacial score (nSPS) is 10.1. The Bertz CT molecular complexity index is 671. The summed E-state index contributed by atoms with van der Waals surface area (Å²) in [6.07, 6.45) is 0. The van der Waals surface area contributed by atoms with E-state index in [1.54, 1.807) is 24.3 Å². The van der Waals surface area contributed by atoms with E-state index in [1.807, 2.05) is 0 Å². The molecule has 114 valence electrons. The lowest BCUT2D eigenvalue weighted by Gasteiger charge is -2.13. The second-order valence-corrected chi connectivity index (χ2v) is 4.53. The van der Waals surface area contributed by atoms with Crippen LogP contribution in [0.1, 0.15) is 15.9 Å². The molecule has 0 aliphatic rings. The zero-order valence-corrected chi connectivity index (χ0v) is 11.9. The molecule has 2 aromatic carbocycles. The van der Waals surface area contributed by atoms with E-state index >= 15 is 0 Å². The maximum Gasteiger partial charge on any atom is 0.492 e. The number of carboxylic acids is 1. The first-order valence-electron chi connectivity index (χ1n) is 6.51. The van der Waals surface area contributed by atoms with Gasteiger partial charge in [0.05, 0.1) is 12.7 Å². The van der Waals surface area contributed by atoms with Gasteiger partial charge in [-0.25, -0.2) is 4.79 Å². The molecule has 0 aliphatic heterocycles. The smallest absolute Gasteiger partial charge is 0.492 e. The maximum absolute atomic E-state index is 11.2. The third kappa shape index (κ3) is 3.57. The van der Waals surface area contributed by atoms with Crippen molar-refractivity contribution in [2.45, 2.75) is 6.61 Å². The van der Waals surface area contributed by atoms with Crippen LogP contribution in [0.4, 0.5) is 0 Å². The molecule has 0 heterocycles. The molecule has 0 spiro atoms. The summed E-state index contributed by atoms with van der Waals surface area (Å²) in [7, 11) is -0.218. The van der Waals surface area contributed by atoms with Gasteiger partial charge in [0.25, 0.3) is 0 Å². The number of carboxylic acid groups (broad SMARTS) is 1. The van der Waals surface area contributed by atoms with Crippen molar-refractivity contribution in [3.05, 3.63) is 53.6 Å². The molecule has 0 aliphatic carbocycles. The minimum Gasteiger partial charge on any atom is -0.497 e. The van der Waals surface area contributed by atoms with Crippen LogP contribution in [0.25, 0.3) is 0 Å². The fraction of sp³-hybridized carbons (Fsp3) is 0.133. The summed E-state index contributed by atoms with van der Waals surface area (Å²) in [5.74, 6) is -0.340. The van der Waals surface area contributed by atoms with Crippen LogP contribution < -0.4 is 14.9 Å². The third-order valence-corrected chi connectivity index (χ3v) is 3.13. The monoisotopic (exact) mass is 302 g/mol. The summed E-state index contributed by atoms with van der Waals surface area (Å²) in [6, 6.07) is 11.0. The Kier molecular flexibility index (Phi) is 5.03. The molecule has 2 rings (SSSR count). The van der Waals surface area contributed by atoms with Gasteiger partial charge in [0.15, 0.2) is 0 Å². The number of aromatic carboxylic acids is 1. The highest BCUT2D eigenvalue weighted by atomic mass is 16.5. The predicted octanol–water partition coefficient (Wildman–Crippen LogP) is 0.652. The molecule has 7 heteroatoms. The number of rotatable bonds is 6. The molecule has 2 aromatic rings. The van der Waals surface area contributed by atoms with Gasteiger partial charge in [0, 0.05) is 17.1 Å². The van der Waals surface area contributed by atoms with Crippen molar-refractivity contribution in [2.75, 3.05) is 7.11 Å². The minimum absolute atomic E-state index is 0.0185. The second kappa shape index (κ2) is 6.97. The summed E-state index contributed by atoms with van der Waals surface area (Å²) in [5.41, 5.74) is 0.793. The molecule has 22 heavy (non-hydrogen) atoms. The van der Waals surface area contributed by atoms with Gasteiger partial charge < -0.3 is 24.6 Å². The highest BCUT2D eigenvalue weighted by Gasteiger charge is 2.18. The molecule has 0 fully saturated rings. The summed E-state index contributed by atoms with van der Waals surface area (Å²) in [5, 5.41) is 27.8. The molecule has 0 radical (unpaired) electrons. The SMILES string of the molecule is COc1ccc(B(O)O)c(OCc2ccccc2C(=O)O)c1.